The molecule has 0 heterocycles. The Labute approximate surface area is 157 Å². The predicted molar refractivity (Wildman–Crippen MR) is 105 cm³/mol. The topological polar surface area (TPSA) is 104 Å². The van der Waals surface area contributed by atoms with Gasteiger partial charge in [-0.05, 0) is 50.6 Å². The smallest absolute Gasteiger partial charge is 0.328 e. The molecule has 0 aliphatic carbocycles. The molecule has 7 nitrogen and oxygen atoms in total. The van der Waals surface area contributed by atoms with E-state index in [0.29, 0.717) is 24.2 Å². The second-order valence-corrected chi connectivity index (χ2v) is 5.98. The van der Waals surface area contributed by atoms with Crippen LogP contribution < -0.4 is 4.90 Å². The molecular weight excluding hydrogens is 348 g/mol. The molecule has 0 saturated heterocycles. The SMILES string of the molecule is CCN(CC)c1c(-c2ccc([N+](=O)[O-])cc2)cc(C=CC(=O)O)c(O)c1C. The largest absolute Gasteiger partial charge is 0.507 e. The first-order chi connectivity index (χ1) is 12.8. The first-order valence-corrected chi connectivity index (χ1v) is 8.57. The minimum atomic E-state index is -1.11. The Hall–Kier alpha value is -3.35. The molecule has 0 saturated carbocycles. The van der Waals surface area contributed by atoms with Crippen LogP contribution in [-0.4, -0.2) is 34.2 Å². The molecule has 2 N–H and O–H groups in total. The molecule has 0 amide bonds. The van der Waals surface area contributed by atoms with E-state index in [1.165, 1.54) is 18.2 Å². The molecule has 2 aromatic carbocycles. The molecule has 27 heavy (non-hydrogen) atoms. The van der Waals surface area contributed by atoms with Crippen LogP contribution in [-0.2, 0) is 4.79 Å². The van der Waals surface area contributed by atoms with Gasteiger partial charge in [0.05, 0.1) is 10.6 Å². The van der Waals surface area contributed by atoms with Crippen LogP contribution in [0.1, 0.15) is 25.0 Å². The Balaban J connectivity index is 2.74. The number of anilines is 1. The third-order valence-electron chi connectivity index (χ3n) is 4.41. The van der Waals surface area contributed by atoms with E-state index in [1.54, 1.807) is 25.1 Å². The average molecular weight is 370 g/mol. The van der Waals surface area contributed by atoms with Gasteiger partial charge in [-0.3, -0.25) is 10.1 Å². The fraction of sp³-hybridized carbons (Fsp3) is 0.250. The number of carbonyl (C=O) groups is 1. The van der Waals surface area contributed by atoms with Gasteiger partial charge in [-0.1, -0.05) is 0 Å². The van der Waals surface area contributed by atoms with Crippen LogP contribution in [0.3, 0.4) is 0 Å². The number of phenolic OH excluding ortho intramolecular Hbond substituents is 1. The molecule has 142 valence electrons. The number of aliphatic carboxylic acids is 1. The van der Waals surface area contributed by atoms with Crippen molar-refractivity contribution >= 4 is 23.4 Å². The van der Waals surface area contributed by atoms with E-state index in [1.807, 2.05) is 13.8 Å². The average Bonchev–Trinajstić information content (AvgIpc) is 2.65. The molecule has 0 spiro atoms. The second-order valence-electron chi connectivity index (χ2n) is 5.98. The summed E-state index contributed by atoms with van der Waals surface area (Å²) in [6, 6.07) is 7.87. The summed E-state index contributed by atoms with van der Waals surface area (Å²) < 4.78 is 0. The van der Waals surface area contributed by atoms with Crippen molar-refractivity contribution in [3.05, 3.63) is 57.6 Å². The molecular formula is C20H22N2O5. The number of non-ortho nitro benzene ring substituents is 1. The number of hydrogen-bond acceptors (Lipinski definition) is 5. The lowest BCUT2D eigenvalue weighted by molar-refractivity contribution is -0.384. The van der Waals surface area contributed by atoms with Gasteiger partial charge in [0.1, 0.15) is 5.75 Å². The van der Waals surface area contributed by atoms with Gasteiger partial charge in [-0.25, -0.2) is 4.79 Å². The fourth-order valence-corrected chi connectivity index (χ4v) is 3.04. The molecule has 7 heteroatoms. The van der Waals surface area contributed by atoms with Crippen molar-refractivity contribution in [2.45, 2.75) is 20.8 Å². The highest BCUT2D eigenvalue weighted by Gasteiger charge is 2.19. The number of phenols is 1. The molecule has 2 aromatic rings. The molecule has 0 fully saturated rings. The van der Waals surface area contributed by atoms with Crippen LogP contribution in [0.4, 0.5) is 11.4 Å². The Morgan fingerprint density at radius 3 is 2.30 bits per heavy atom. The molecule has 0 aliphatic rings. The molecule has 0 aliphatic heterocycles. The van der Waals surface area contributed by atoms with Crippen molar-refractivity contribution in [1.29, 1.82) is 0 Å². The first-order valence-electron chi connectivity index (χ1n) is 8.57. The van der Waals surface area contributed by atoms with Gasteiger partial charge in [0.2, 0.25) is 0 Å². The van der Waals surface area contributed by atoms with Gasteiger partial charge < -0.3 is 15.1 Å². The number of hydrogen-bond donors (Lipinski definition) is 2. The van der Waals surface area contributed by atoms with Crippen LogP contribution in [0, 0.1) is 17.0 Å². The van der Waals surface area contributed by atoms with Crippen molar-refractivity contribution < 1.29 is 19.9 Å². The number of nitrogens with zero attached hydrogens (tertiary/aromatic N) is 2. The van der Waals surface area contributed by atoms with Gasteiger partial charge in [0.15, 0.2) is 0 Å². The maximum Gasteiger partial charge on any atom is 0.328 e. The summed E-state index contributed by atoms with van der Waals surface area (Å²) >= 11 is 0. The van der Waals surface area contributed by atoms with E-state index in [4.69, 9.17) is 5.11 Å². The molecule has 0 atom stereocenters. The summed E-state index contributed by atoms with van der Waals surface area (Å²) in [7, 11) is 0. The third-order valence-corrected chi connectivity index (χ3v) is 4.41. The van der Waals surface area contributed by atoms with E-state index in [0.717, 1.165) is 22.9 Å². The Morgan fingerprint density at radius 1 is 1.22 bits per heavy atom. The molecule has 0 bridgehead atoms. The number of nitro groups is 1. The molecule has 0 radical (unpaired) electrons. The van der Waals surface area contributed by atoms with E-state index >= 15 is 0 Å². The summed E-state index contributed by atoms with van der Waals surface area (Å²) in [5, 5.41) is 30.4. The van der Waals surface area contributed by atoms with Crippen molar-refractivity contribution in [2.24, 2.45) is 0 Å². The Morgan fingerprint density at radius 2 is 1.81 bits per heavy atom. The number of rotatable bonds is 7. The van der Waals surface area contributed by atoms with Gasteiger partial charge >= 0.3 is 5.97 Å². The number of carboxylic acid groups (broad SMARTS) is 1. The Bertz CT molecular complexity index is 884. The molecule has 0 aromatic heterocycles. The third kappa shape index (κ3) is 4.25. The fourth-order valence-electron chi connectivity index (χ4n) is 3.04. The number of nitro benzene ring substituents is 1. The zero-order valence-corrected chi connectivity index (χ0v) is 15.5. The van der Waals surface area contributed by atoms with Crippen molar-refractivity contribution in [3.8, 4) is 16.9 Å². The van der Waals surface area contributed by atoms with Crippen LogP contribution in [0.15, 0.2) is 36.4 Å². The summed E-state index contributed by atoms with van der Waals surface area (Å²) in [6.45, 7) is 7.19. The summed E-state index contributed by atoms with van der Waals surface area (Å²) in [4.78, 5) is 23.4. The molecule has 2 rings (SSSR count). The molecule has 0 unspecified atom stereocenters. The van der Waals surface area contributed by atoms with Crippen molar-refractivity contribution in [3.63, 3.8) is 0 Å². The van der Waals surface area contributed by atoms with E-state index < -0.39 is 10.9 Å². The van der Waals surface area contributed by atoms with Crippen molar-refractivity contribution in [1.82, 2.24) is 0 Å². The van der Waals surface area contributed by atoms with Crippen LogP contribution in [0.5, 0.6) is 5.75 Å². The van der Waals surface area contributed by atoms with E-state index in [-0.39, 0.29) is 11.4 Å². The number of benzene rings is 2. The van der Waals surface area contributed by atoms with Crippen molar-refractivity contribution in [2.75, 3.05) is 18.0 Å². The monoisotopic (exact) mass is 370 g/mol. The maximum atomic E-state index is 10.9. The lowest BCUT2D eigenvalue weighted by Crippen LogP contribution is -2.23. The zero-order chi connectivity index (χ0) is 20.1. The van der Waals surface area contributed by atoms with E-state index in [9.17, 15) is 20.0 Å². The van der Waals surface area contributed by atoms with E-state index in [2.05, 4.69) is 4.90 Å². The van der Waals surface area contributed by atoms with Crippen LogP contribution in [0.2, 0.25) is 0 Å². The zero-order valence-electron chi connectivity index (χ0n) is 15.5. The van der Waals surface area contributed by atoms with Crippen LogP contribution >= 0.6 is 0 Å². The summed E-state index contributed by atoms with van der Waals surface area (Å²) in [6.07, 6.45) is 2.30. The van der Waals surface area contributed by atoms with Gasteiger partial charge in [-0.15, -0.1) is 0 Å². The highest BCUT2D eigenvalue weighted by atomic mass is 16.6. The highest BCUT2D eigenvalue weighted by Crippen LogP contribution is 2.41. The second kappa shape index (κ2) is 8.35. The lowest BCUT2D eigenvalue weighted by atomic mass is 9.95. The number of carboxylic acids is 1. The summed E-state index contributed by atoms with van der Waals surface area (Å²) in [5.74, 6) is -1.10. The highest BCUT2D eigenvalue weighted by molar-refractivity contribution is 5.90. The minimum Gasteiger partial charge on any atom is -0.507 e. The quantitative estimate of drug-likeness (QED) is 0.430. The van der Waals surface area contributed by atoms with Gasteiger partial charge in [0, 0.05) is 48.0 Å². The first kappa shape index (κ1) is 20.0. The number of aromatic hydroxyl groups is 1. The standard InChI is InChI=1S/C20H22N2O5/c1-4-21(5-2)19-13(3)20(25)15(8-11-18(23)24)12-17(19)14-6-9-16(10-7-14)22(26)27/h6-12,25H,4-5H2,1-3H3,(H,23,24). The summed E-state index contributed by atoms with van der Waals surface area (Å²) in [5.41, 5.74) is 3.33. The normalized spacial score (nSPS) is 10.9. The van der Waals surface area contributed by atoms with Crippen LogP contribution in [0.25, 0.3) is 17.2 Å². The predicted octanol–water partition coefficient (Wildman–Crippen LogP) is 4.22. The maximum absolute atomic E-state index is 10.9. The Kier molecular flexibility index (Phi) is 6.18. The lowest BCUT2D eigenvalue weighted by Gasteiger charge is -2.27. The van der Waals surface area contributed by atoms with Gasteiger partial charge in [0.25, 0.3) is 5.69 Å². The minimum absolute atomic E-state index is 0.00960. The van der Waals surface area contributed by atoms with Gasteiger partial charge in [-0.2, -0.15) is 0 Å².